The highest BCUT2D eigenvalue weighted by Gasteiger charge is 2.17. The predicted molar refractivity (Wildman–Crippen MR) is 48.6 cm³/mol. The second kappa shape index (κ2) is 3.75. The molecule has 64 valence electrons. The van der Waals surface area contributed by atoms with E-state index in [9.17, 15) is 0 Å². The van der Waals surface area contributed by atoms with Gasteiger partial charge in [-0.15, -0.1) is 0 Å². The fourth-order valence-corrected chi connectivity index (χ4v) is 1.14. The maximum absolute atomic E-state index is 8.84. The molecule has 4 nitrogen and oxygen atoms in total. The lowest BCUT2D eigenvalue weighted by Crippen LogP contribution is -2.31. The van der Waals surface area contributed by atoms with Crippen molar-refractivity contribution in [1.29, 1.82) is 0 Å². The minimum atomic E-state index is -1.56. The maximum Gasteiger partial charge on any atom is 0.490 e. The van der Waals surface area contributed by atoms with Crippen molar-refractivity contribution in [3.05, 3.63) is 17.3 Å². The smallest absolute Gasteiger partial charge is 0.423 e. The first-order chi connectivity index (χ1) is 5.66. The first kappa shape index (κ1) is 9.31. The van der Waals surface area contributed by atoms with E-state index in [1.807, 2.05) is 0 Å². The van der Waals surface area contributed by atoms with Crippen LogP contribution < -0.4 is 10.8 Å². The van der Waals surface area contributed by atoms with Crippen LogP contribution in [-0.2, 0) is 0 Å². The number of pyridine rings is 1. The average Bonchev–Trinajstić information content (AvgIpc) is 2.04. The van der Waals surface area contributed by atoms with Gasteiger partial charge in [-0.2, -0.15) is 0 Å². The van der Waals surface area contributed by atoms with E-state index in [2.05, 4.69) is 10.3 Å². The van der Waals surface area contributed by atoms with Crippen molar-refractivity contribution < 1.29 is 10.0 Å². The van der Waals surface area contributed by atoms with E-state index in [-0.39, 0.29) is 10.5 Å². The fourth-order valence-electron chi connectivity index (χ4n) is 0.832. The highest BCUT2D eigenvalue weighted by Crippen LogP contribution is 2.14. The van der Waals surface area contributed by atoms with Crippen LogP contribution in [0.15, 0.2) is 12.3 Å². The molecule has 0 aliphatic rings. The number of aromatic nitrogens is 1. The number of hydrogen-bond donors (Lipinski definition) is 3. The van der Waals surface area contributed by atoms with Gasteiger partial charge in [-0.3, -0.25) is 0 Å². The van der Waals surface area contributed by atoms with Crippen LogP contribution in [0.3, 0.4) is 0 Å². The summed E-state index contributed by atoms with van der Waals surface area (Å²) in [6, 6.07) is 1.45. The second-order valence-corrected chi connectivity index (χ2v) is 2.56. The number of nitrogens with zero attached hydrogens (tertiary/aromatic N) is 1. The molecule has 12 heavy (non-hydrogen) atoms. The molecule has 0 bridgehead atoms. The van der Waals surface area contributed by atoms with Crippen LogP contribution in [0.5, 0.6) is 0 Å². The number of anilines is 1. The summed E-state index contributed by atoms with van der Waals surface area (Å²) in [6.07, 6.45) is 1.45. The van der Waals surface area contributed by atoms with E-state index >= 15 is 0 Å². The Bertz CT molecular complexity index is 282. The molecule has 0 aromatic carbocycles. The Morgan fingerprint density at radius 2 is 2.25 bits per heavy atom. The van der Waals surface area contributed by atoms with Gasteiger partial charge in [0.15, 0.2) is 0 Å². The van der Waals surface area contributed by atoms with Gasteiger partial charge < -0.3 is 15.4 Å². The summed E-state index contributed by atoms with van der Waals surface area (Å²) in [5, 5.41) is 20.6. The molecule has 0 aliphatic carbocycles. The lowest BCUT2D eigenvalue weighted by Gasteiger charge is -2.06. The number of halogens is 1. The van der Waals surface area contributed by atoms with Gasteiger partial charge in [-0.05, 0) is 6.07 Å². The normalized spacial score (nSPS) is 9.67. The van der Waals surface area contributed by atoms with E-state index in [0.717, 1.165) is 0 Å². The van der Waals surface area contributed by atoms with Crippen LogP contribution in [0.2, 0.25) is 5.02 Å². The molecule has 3 N–H and O–H groups in total. The lowest BCUT2D eigenvalue weighted by atomic mass is 9.81. The molecule has 0 unspecified atom stereocenters. The topological polar surface area (TPSA) is 65.4 Å². The summed E-state index contributed by atoms with van der Waals surface area (Å²) in [6.45, 7) is 0. The third-order valence-corrected chi connectivity index (χ3v) is 1.83. The molecule has 1 rings (SSSR count). The van der Waals surface area contributed by atoms with E-state index in [0.29, 0.717) is 5.82 Å². The number of hydrogen-bond acceptors (Lipinski definition) is 4. The van der Waals surface area contributed by atoms with Gasteiger partial charge in [-0.25, -0.2) is 4.98 Å². The van der Waals surface area contributed by atoms with Crippen LogP contribution in [0.25, 0.3) is 0 Å². The summed E-state index contributed by atoms with van der Waals surface area (Å²) in [5.74, 6) is 0.433. The van der Waals surface area contributed by atoms with Crippen molar-refractivity contribution in [1.82, 2.24) is 4.98 Å². The van der Waals surface area contributed by atoms with Gasteiger partial charge in [-0.1, -0.05) is 11.6 Å². The zero-order valence-electron chi connectivity index (χ0n) is 6.45. The second-order valence-electron chi connectivity index (χ2n) is 2.19. The van der Waals surface area contributed by atoms with Crippen LogP contribution in [0.4, 0.5) is 5.82 Å². The molecule has 0 saturated heterocycles. The molecule has 0 aliphatic heterocycles. The highest BCUT2D eigenvalue weighted by atomic mass is 35.5. The largest absolute Gasteiger partial charge is 0.490 e. The van der Waals surface area contributed by atoms with Gasteiger partial charge in [0.25, 0.3) is 0 Å². The van der Waals surface area contributed by atoms with Crippen molar-refractivity contribution in [2.24, 2.45) is 0 Å². The quantitative estimate of drug-likeness (QED) is 0.543. The first-order valence-corrected chi connectivity index (χ1v) is 3.73. The Hall–Kier alpha value is -0.775. The third-order valence-electron chi connectivity index (χ3n) is 1.43. The number of nitrogens with one attached hydrogen (secondary N) is 1. The van der Waals surface area contributed by atoms with Gasteiger partial charge in [0.2, 0.25) is 0 Å². The van der Waals surface area contributed by atoms with E-state index in [1.165, 1.54) is 12.3 Å². The monoisotopic (exact) mass is 186 g/mol. The van der Waals surface area contributed by atoms with E-state index in [4.69, 9.17) is 21.6 Å². The molecule has 6 heteroatoms. The summed E-state index contributed by atoms with van der Waals surface area (Å²) in [4.78, 5) is 3.87. The predicted octanol–water partition coefficient (Wildman–Crippen LogP) is -0.543. The Labute approximate surface area is 75.4 Å². The molecule has 1 heterocycles. The van der Waals surface area contributed by atoms with Gasteiger partial charge in [0, 0.05) is 18.7 Å². The molecule has 0 fully saturated rings. The average molecular weight is 186 g/mol. The summed E-state index contributed by atoms with van der Waals surface area (Å²) < 4.78 is 0. The SMILES string of the molecule is CNc1nccc(B(O)O)c1Cl. The molecule has 0 saturated carbocycles. The summed E-state index contributed by atoms with van der Waals surface area (Å²) in [5.41, 5.74) is 0.246. The Morgan fingerprint density at radius 1 is 1.58 bits per heavy atom. The molecule has 1 aromatic heterocycles. The van der Waals surface area contributed by atoms with Crippen molar-refractivity contribution in [3.8, 4) is 0 Å². The van der Waals surface area contributed by atoms with Crippen LogP contribution >= 0.6 is 11.6 Å². The van der Waals surface area contributed by atoms with Gasteiger partial charge in [0.05, 0.1) is 5.02 Å². The summed E-state index contributed by atoms with van der Waals surface area (Å²) in [7, 11) is 0.0921. The van der Waals surface area contributed by atoms with Crippen molar-refractivity contribution >= 4 is 30.0 Å². The van der Waals surface area contributed by atoms with E-state index < -0.39 is 7.12 Å². The molecular weight excluding hydrogens is 178 g/mol. The molecule has 0 atom stereocenters. The molecule has 1 aromatic rings. The Kier molecular flexibility index (Phi) is 2.91. The zero-order chi connectivity index (χ0) is 9.14. The van der Waals surface area contributed by atoms with Crippen molar-refractivity contribution in [3.63, 3.8) is 0 Å². The first-order valence-electron chi connectivity index (χ1n) is 3.35. The zero-order valence-corrected chi connectivity index (χ0v) is 7.21. The van der Waals surface area contributed by atoms with Crippen LogP contribution in [0.1, 0.15) is 0 Å². The third kappa shape index (κ3) is 1.69. The number of rotatable bonds is 2. The highest BCUT2D eigenvalue weighted by molar-refractivity contribution is 6.63. The summed E-state index contributed by atoms with van der Waals surface area (Å²) >= 11 is 5.76. The van der Waals surface area contributed by atoms with Crippen LogP contribution in [0, 0.1) is 0 Å². The molecule has 0 spiro atoms. The fraction of sp³-hybridized carbons (Fsp3) is 0.167. The minimum Gasteiger partial charge on any atom is -0.423 e. The van der Waals surface area contributed by atoms with Gasteiger partial charge in [0.1, 0.15) is 5.82 Å². The van der Waals surface area contributed by atoms with Crippen molar-refractivity contribution in [2.45, 2.75) is 0 Å². The molecule has 0 amide bonds. The standard InChI is InChI=1S/C6H8BClN2O2/c1-9-6-5(8)4(7(11)12)2-3-10-6/h2-3,11-12H,1H3,(H,9,10). The maximum atomic E-state index is 8.84. The molecule has 0 radical (unpaired) electrons. The minimum absolute atomic E-state index is 0.231. The Morgan fingerprint density at radius 3 is 2.75 bits per heavy atom. The van der Waals surface area contributed by atoms with E-state index in [1.54, 1.807) is 7.05 Å². The van der Waals surface area contributed by atoms with Crippen molar-refractivity contribution in [2.75, 3.05) is 12.4 Å². The molecular formula is C6H8BClN2O2. The lowest BCUT2D eigenvalue weighted by molar-refractivity contribution is 0.426. The van der Waals surface area contributed by atoms with Crippen LogP contribution in [-0.4, -0.2) is 29.2 Å². The van der Waals surface area contributed by atoms with Gasteiger partial charge >= 0.3 is 7.12 Å². The Balaban J connectivity index is 3.14.